The van der Waals surface area contributed by atoms with Crippen LogP contribution in [0.25, 0.3) is 0 Å². The summed E-state index contributed by atoms with van der Waals surface area (Å²) in [5.74, 6) is -1.37. The lowest BCUT2D eigenvalue weighted by Crippen LogP contribution is -2.30. The molecule has 2 N–H and O–H groups in total. The van der Waals surface area contributed by atoms with E-state index in [1.54, 1.807) is 30.3 Å². The van der Waals surface area contributed by atoms with Gasteiger partial charge in [0.25, 0.3) is 0 Å². The van der Waals surface area contributed by atoms with Crippen molar-refractivity contribution < 1.29 is 23.1 Å². The number of Topliss-reactive ketones (excluding diaryl/α,β-unsaturated/α-hetero) is 1. The third-order valence-electron chi connectivity index (χ3n) is 3.43. The molecule has 0 unspecified atom stereocenters. The van der Waals surface area contributed by atoms with Crippen molar-refractivity contribution in [3.05, 3.63) is 65.7 Å². The van der Waals surface area contributed by atoms with E-state index in [0.717, 1.165) is 0 Å². The van der Waals surface area contributed by atoms with E-state index in [9.17, 15) is 18.0 Å². The zero-order chi connectivity index (χ0) is 17.7. The summed E-state index contributed by atoms with van der Waals surface area (Å²) in [7, 11) is -3.97. The molecule has 0 saturated heterocycles. The van der Waals surface area contributed by atoms with Crippen LogP contribution in [0.4, 0.5) is 0 Å². The van der Waals surface area contributed by atoms with Crippen LogP contribution in [-0.4, -0.2) is 25.3 Å². The van der Waals surface area contributed by atoms with E-state index >= 15 is 0 Å². The van der Waals surface area contributed by atoms with Gasteiger partial charge in [0.05, 0.1) is 17.4 Å². The average Bonchev–Trinajstić information content (AvgIpc) is 2.54. The summed E-state index contributed by atoms with van der Waals surface area (Å²) in [5, 5.41) is 9.05. The summed E-state index contributed by atoms with van der Waals surface area (Å²) in [4.78, 5) is 22.4. The number of nitrogens with one attached hydrogen (secondary N) is 1. The Hall–Kier alpha value is -2.51. The fourth-order valence-corrected chi connectivity index (χ4v) is 3.49. The molecule has 6 nitrogen and oxygen atoms in total. The van der Waals surface area contributed by atoms with E-state index < -0.39 is 28.5 Å². The lowest BCUT2D eigenvalue weighted by Gasteiger charge is -2.17. The molecule has 0 fully saturated rings. The molecule has 2 aromatic rings. The summed E-state index contributed by atoms with van der Waals surface area (Å²) in [6.45, 7) is 1.34. The number of carbonyl (C=O) groups excluding carboxylic acids is 1. The number of carbonyl (C=O) groups is 2. The summed E-state index contributed by atoms with van der Waals surface area (Å²) >= 11 is 0. The summed E-state index contributed by atoms with van der Waals surface area (Å²) in [6.07, 6.45) is -0.393. The fourth-order valence-electron chi connectivity index (χ4n) is 2.23. The van der Waals surface area contributed by atoms with Gasteiger partial charge in [0, 0.05) is 5.56 Å². The van der Waals surface area contributed by atoms with Crippen LogP contribution in [0.1, 0.15) is 35.3 Å². The van der Waals surface area contributed by atoms with Crippen molar-refractivity contribution in [3.8, 4) is 0 Å². The first-order valence-electron chi connectivity index (χ1n) is 7.19. The second-order valence-electron chi connectivity index (χ2n) is 5.27. The molecule has 1 atom stereocenters. The Balaban J connectivity index is 2.35. The molecule has 0 heterocycles. The largest absolute Gasteiger partial charge is 0.481 e. The molecule has 0 aliphatic rings. The molecule has 0 spiro atoms. The van der Waals surface area contributed by atoms with Gasteiger partial charge >= 0.3 is 5.97 Å². The van der Waals surface area contributed by atoms with Gasteiger partial charge in [-0.15, -0.1) is 0 Å². The SMILES string of the molecule is CC(=O)c1cccc(S(=O)(=O)N[C@@H](CC(=O)O)c2ccccc2)c1. The number of rotatable bonds is 7. The lowest BCUT2D eigenvalue weighted by molar-refractivity contribution is -0.137. The Morgan fingerprint density at radius 2 is 1.75 bits per heavy atom. The molecule has 0 aromatic heterocycles. The van der Waals surface area contributed by atoms with Gasteiger partial charge in [0.15, 0.2) is 5.78 Å². The van der Waals surface area contributed by atoms with Gasteiger partial charge in [0.1, 0.15) is 0 Å². The summed E-state index contributed by atoms with van der Waals surface area (Å²) in [6, 6.07) is 13.2. The normalized spacial score (nSPS) is 12.5. The topological polar surface area (TPSA) is 101 Å². The first-order chi connectivity index (χ1) is 11.3. The molecule has 0 bridgehead atoms. The van der Waals surface area contributed by atoms with Crippen LogP contribution in [0.15, 0.2) is 59.5 Å². The second-order valence-corrected chi connectivity index (χ2v) is 6.98. The predicted octanol–water partition coefficient (Wildman–Crippen LogP) is 2.38. The Labute approximate surface area is 140 Å². The van der Waals surface area contributed by atoms with Crippen molar-refractivity contribution in [1.82, 2.24) is 4.72 Å². The van der Waals surface area contributed by atoms with Crippen molar-refractivity contribution in [1.29, 1.82) is 0 Å². The number of hydrogen-bond acceptors (Lipinski definition) is 4. The molecule has 2 aromatic carbocycles. The fraction of sp³-hybridized carbons (Fsp3) is 0.176. The van der Waals surface area contributed by atoms with E-state index in [2.05, 4.69) is 4.72 Å². The van der Waals surface area contributed by atoms with Crippen LogP contribution in [0, 0.1) is 0 Å². The van der Waals surface area contributed by atoms with Gasteiger partial charge in [-0.2, -0.15) is 0 Å². The number of benzene rings is 2. The number of hydrogen-bond donors (Lipinski definition) is 2. The first kappa shape index (κ1) is 17.8. The highest BCUT2D eigenvalue weighted by Crippen LogP contribution is 2.21. The standard InChI is InChI=1S/C17H17NO5S/c1-12(19)14-8-5-9-15(10-14)24(22,23)18-16(11-17(20)21)13-6-3-2-4-7-13/h2-10,16,18H,11H2,1H3,(H,20,21)/t16-/m0/s1. The highest BCUT2D eigenvalue weighted by atomic mass is 32.2. The molecule has 7 heteroatoms. The number of sulfonamides is 1. The van der Waals surface area contributed by atoms with E-state index in [1.165, 1.54) is 31.2 Å². The van der Waals surface area contributed by atoms with Crippen molar-refractivity contribution >= 4 is 21.8 Å². The summed E-state index contributed by atoms with van der Waals surface area (Å²) < 4.78 is 27.5. The monoisotopic (exact) mass is 347 g/mol. The maximum atomic E-state index is 12.6. The average molecular weight is 347 g/mol. The zero-order valence-corrected chi connectivity index (χ0v) is 13.8. The zero-order valence-electron chi connectivity index (χ0n) is 13.0. The van der Waals surface area contributed by atoms with Gasteiger partial charge in [-0.1, -0.05) is 42.5 Å². The van der Waals surface area contributed by atoms with Crippen molar-refractivity contribution in [2.45, 2.75) is 24.3 Å². The van der Waals surface area contributed by atoms with Gasteiger partial charge in [-0.25, -0.2) is 13.1 Å². The Morgan fingerprint density at radius 1 is 1.08 bits per heavy atom. The molecule has 0 saturated carbocycles. The molecule has 24 heavy (non-hydrogen) atoms. The van der Waals surface area contributed by atoms with Gasteiger partial charge in [-0.05, 0) is 24.6 Å². The highest BCUT2D eigenvalue weighted by Gasteiger charge is 2.24. The molecule has 0 radical (unpaired) electrons. The third kappa shape index (κ3) is 4.50. The van der Waals surface area contributed by atoms with E-state index in [-0.39, 0.29) is 16.2 Å². The van der Waals surface area contributed by atoms with E-state index in [1.807, 2.05) is 0 Å². The molecular weight excluding hydrogens is 330 g/mol. The number of carboxylic acid groups (broad SMARTS) is 1. The molecular formula is C17H17NO5S. The van der Waals surface area contributed by atoms with Crippen LogP contribution >= 0.6 is 0 Å². The number of aliphatic carboxylic acids is 1. The Morgan fingerprint density at radius 3 is 2.33 bits per heavy atom. The first-order valence-corrected chi connectivity index (χ1v) is 8.68. The smallest absolute Gasteiger partial charge is 0.305 e. The van der Waals surface area contributed by atoms with Crippen molar-refractivity contribution in [2.75, 3.05) is 0 Å². The van der Waals surface area contributed by atoms with Crippen LogP contribution in [0.3, 0.4) is 0 Å². The summed E-state index contributed by atoms with van der Waals surface area (Å²) in [5.41, 5.74) is 0.818. The van der Waals surface area contributed by atoms with Crippen LogP contribution in [0.2, 0.25) is 0 Å². The van der Waals surface area contributed by atoms with E-state index in [4.69, 9.17) is 5.11 Å². The minimum atomic E-state index is -3.97. The number of carboxylic acids is 1. The van der Waals surface area contributed by atoms with Gasteiger partial charge < -0.3 is 5.11 Å². The molecule has 0 amide bonds. The maximum Gasteiger partial charge on any atom is 0.305 e. The highest BCUT2D eigenvalue weighted by molar-refractivity contribution is 7.89. The predicted molar refractivity (Wildman–Crippen MR) is 88.2 cm³/mol. The lowest BCUT2D eigenvalue weighted by atomic mass is 10.1. The Bertz CT molecular complexity index is 846. The minimum absolute atomic E-state index is 0.0819. The maximum absolute atomic E-state index is 12.6. The van der Waals surface area contributed by atoms with Crippen molar-refractivity contribution in [3.63, 3.8) is 0 Å². The molecule has 0 aliphatic heterocycles. The van der Waals surface area contributed by atoms with Gasteiger partial charge in [-0.3, -0.25) is 9.59 Å². The van der Waals surface area contributed by atoms with Crippen molar-refractivity contribution in [2.24, 2.45) is 0 Å². The second kappa shape index (κ2) is 7.37. The minimum Gasteiger partial charge on any atom is -0.481 e. The third-order valence-corrected chi connectivity index (χ3v) is 4.90. The molecule has 0 aliphatic carbocycles. The van der Waals surface area contributed by atoms with Crippen LogP contribution in [-0.2, 0) is 14.8 Å². The molecule has 2 rings (SSSR count). The number of ketones is 1. The van der Waals surface area contributed by atoms with Crippen LogP contribution < -0.4 is 4.72 Å². The van der Waals surface area contributed by atoms with E-state index in [0.29, 0.717) is 5.56 Å². The Kier molecular flexibility index (Phi) is 5.48. The quantitative estimate of drug-likeness (QED) is 0.749. The van der Waals surface area contributed by atoms with Crippen LogP contribution in [0.5, 0.6) is 0 Å². The van der Waals surface area contributed by atoms with Gasteiger partial charge in [0.2, 0.25) is 10.0 Å². The molecule has 126 valence electrons.